The highest BCUT2D eigenvalue weighted by Crippen LogP contribution is 1.92. The maximum atomic E-state index is 5.24. The van der Waals surface area contributed by atoms with Crippen LogP contribution >= 0.6 is 12.2 Å². The first kappa shape index (κ1) is 9.41. The van der Waals surface area contributed by atoms with Crippen LogP contribution in [0.15, 0.2) is 5.10 Å². The summed E-state index contributed by atoms with van der Waals surface area (Å²) in [5.74, 6) is 0. The second kappa shape index (κ2) is 4.37. The van der Waals surface area contributed by atoms with Crippen LogP contribution in [0.1, 0.15) is 12.8 Å². The average molecular weight is 187 g/mol. The predicted molar refractivity (Wildman–Crippen MR) is 53.2 cm³/mol. The summed E-state index contributed by atoms with van der Waals surface area (Å²) in [5, 5.41) is 4.35. The van der Waals surface area contributed by atoms with Crippen molar-refractivity contribution in [1.82, 2.24) is 5.43 Å². The molecule has 0 aliphatic carbocycles. The van der Waals surface area contributed by atoms with Gasteiger partial charge in [-0.2, -0.15) is 5.10 Å². The molecule has 5 heteroatoms. The molecule has 0 bridgehead atoms. The molecule has 4 N–H and O–H groups in total. The summed E-state index contributed by atoms with van der Waals surface area (Å²) in [6.07, 6.45) is 2.09. The predicted octanol–water partition coefficient (Wildman–Crippen LogP) is -1.52. The number of piperidine rings is 1. The van der Waals surface area contributed by atoms with Gasteiger partial charge >= 0.3 is 0 Å². The van der Waals surface area contributed by atoms with E-state index in [0.717, 1.165) is 25.9 Å². The van der Waals surface area contributed by atoms with E-state index in [9.17, 15) is 0 Å². The summed E-state index contributed by atoms with van der Waals surface area (Å²) in [6, 6.07) is 0. The van der Waals surface area contributed by atoms with Gasteiger partial charge in [0.05, 0.1) is 20.1 Å². The Hall–Kier alpha value is -0.680. The van der Waals surface area contributed by atoms with E-state index in [-0.39, 0.29) is 5.11 Å². The van der Waals surface area contributed by atoms with Crippen molar-refractivity contribution >= 4 is 23.0 Å². The molecule has 12 heavy (non-hydrogen) atoms. The van der Waals surface area contributed by atoms with E-state index in [1.165, 1.54) is 5.71 Å². The van der Waals surface area contributed by atoms with Gasteiger partial charge in [-0.15, -0.1) is 0 Å². The molecule has 1 fully saturated rings. The Kier molecular flexibility index (Phi) is 3.43. The first-order valence-corrected chi connectivity index (χ1v) is 4.51. The molecule has 1 heterocycles. The van der Waals surface area contributed by atoms with Gasteiger partial charge in [-0.3, -0.25) is 5.43 Å². The summed E-state index contributed by atoms with van der Waals surface area (Å²) < 4.78 is 0. The third kappa shape index (κ3) is 3.15. The Balaban J connectivity index is 2.33. The highest BCUT2D eigenvalue weighted by molar-refractivity contribution is 7.80. The lowest BCUT2D eigenvalue weighted by Crippen LogP contribution is -3.10. The van der Waals surface area contributed by atoms with Crippen LogP contribution in [-0.4, -0.2) is 31.0 Å². The number of thiocarbonyl (C=S) groups is 1. The number of hydrogen-bond donors (Lipinski definition) is 3. The van der Waals surface area contributed by atoms with Crippen LogP contribution in [0.2, 0.25) is 0 Å². The van der Waals surface area contributed by atoms with Crippen molar-refractivity contribution in [3.63, 3.8) is 0 Å². The first-order chi connectivity index (χ1) is 5.68. The van der Waals surface area contributed by atoms with Gasteiger partial charge in [0.2, 0.25) is 0 Å². The molecular formula is C7H15N4S+. The van der Waals surface area contributed by atoms with E-state index in [4.69, 9.17) is 5.73 Å². The number of nitrogens with zero attached hydrogens (tertiary/aromatic N) is 1. The fourth-order valence-corrected chi connectivity index (χ4v) is 1.26. The molecule has 0 aromatic carbocycles. The largest absolute Gasteiger partial charge is 0.375 e. The summed E-state index contributed by atoms with van der Waals surface area (Å²) in [6.45, 7) is 2.30. The number of hydrazone groups is 1. The Morgan fingerprint density at radius 2 is 2.17 bits per heavy atom. The van der Waals surface area contributed by atoms with Crippen LogP contribution in [0.25, 0.3) is 0 Å². The molecule has 1 saturated heterocycles. The van der Waals surface area contributed by atoms with Gasteiger partial charge in [0.25, 0.3) is 0 Å². The van der Waals surface area contributed by atoms with E-state index in [1.54, 1.807) is 4.90 Å². The van der Waals surface area contributed by atoms with Crippen LogP contribution in [-0.2, 0) is 0 Å². The van der Waals surface area contributed by atoms with Gasteiger partial charge in [0.15, 0.2) is 5.11 Å². The average Bonchev–Trinajstić information content (AvgIpc) is 2.03. The standard InChI is InChI=1S/C7H14N4S/c1-11-4-2-6(3-5-11)9-10-7(8)12/h2-5H2,1H3,(H3,8,10,12)/p+1. The molecule has 1 rings (SSSR count). The Labute approximate surface area is 77.8 Å². The zero-order chi connectivity index (χ0) is 8.97. The Morgan fingerprint density at radius 3 is 2.67 bits per heavy atom. The Morgan fingerprint density at radius 1 is 1.58 bits per heavy atom. The quantitative estimate of drug-likeness (QED) is 0.345. The molecule has 0 saturated carbocycles. The molecular weight excluding hydrogens is 172 g/mol. The molecule has 0 spiro atoms. The van der Waals surface area contributed by atoms with Gasteiger partial charge in [0.1, 0.15) is 0 Å². The zero-order valence-electron chi connectivity index (χ0n) is 7.26. The summed E-state index contributed by atoms with van der Waals surface area (Å²) in [5.41, 5.74) is 9.04. The highest BCUT2D eigenvalue weighted by Gasteiger charge is 2.13. The summed E-state index contributed by atoms with van der Waals surface area (Å²) in [4.78, 5) is 1.56. The minimum atomic E-state index is 0.244. The zero-order valence-corrected chi connectivity index (χ0v) is 8.08. The number of quaternary nitrogens is 1. The van der Waals surface area contributed by atoms with Crippen molar-refractivity contribution in [2.24, 2.45) is 10.8 Å². The number of nitrogens with two attached hydrogens (primary N) is 1. The fraction of sp³-hybridized carbons (Fsp3) is 0.714. The van der Waals surface area contributed by atoms with Crippen LogP contribution in [0.3, 0.4) is 0 Å². The molecule has 4 nitrogen and oxygen atoms in total. The van der Waals surface area contributed by atoms with Crippen LogP contribution in [0.5, 0.6) is 0 Å². The highest BCUT2D eigenvalue weighted by atomic mass is 32.1. The van der Waals surface area contributed by atoms with E-state index in [2.05, 4.69) is 29.8 Å². The monoisotopic (exact) mass is 187 g/mol. The topological polar surface area (TPSA) is 54.8 Å². The molecule has 68 valence electrons. The number of hydrogen-bond acceptors (Lipinski definition) is 2. The maximum absolute atomic E-state index is 5.24. The van der Waals surface area contributed by atoms with Gasteiger partial charge < -0.3 is 10.6 Å². The second-order valence-corrected chi connectivity index (χ2v) is 3.55. The van der Waals surface area contributed by atoms with E-state index < -0.39 is 0 Å². The molecule has 0 unspecified atom stereocenters. The van der Waals surface area contributed by atoms with Crippen molar-refractivity contribution in [3.8, 4) is 0 Å². The van der Waals surface area contributed by atoms with E-state index >= 15 is 0 Å². The second-order valence-electron chi connectivity index (χ2n) is 3.11. The van der Waals surface area contributed by atoms with Crippen molar-refractivity contribution in [3.05, 3.63) is 0 Å². The third-order valence-corrected chi connectivity index (χ3v) is 2.10. The van der Waals surface area contributed by atoms with E-state index in [1.807, 2.05) is 0 Å². The normalized spacial score (nSPS) is 23.4. The molecule has 0 amide bonds. The lowest BCUT2D eigenvalue weighted by Gasteiger charge is -2.20. The number of rotatable bonds is 1. The smallest absolute Gasteiger partial charge is 0.184 e. The van der Waals surface area contributed by atoms with Crippen molar-refractivity contribution < 1.29 is 4.90 Å². The van der Waals surface area contributed by atoms with E-state index in [0.29, 0.717) is 0 Å². The molecule has 0 radical (unpaired) electrons. The van der Waals surface area contributed by atoms with Gasteiger partial charge in [-0.1, -0.05) is 0 Å². The lowest BCUT2D eigenvalue weighted by atomic mass is 10.1. The van der Waals surface area contributed by atoms with Crippen LogP contribution < -0.4 is 16.1 Å². The molecule has 1 aliphatic rings. The molecule has 0 aromatic rings. The lowest BCUT2D eigenvalue weighted by molar-refractivity contribution is -0.880. The van der Waals surface area contributed by atoms with Gasteiger partial charge in [-0.25, -0.2) is 0 Å². The SMILES string of the molecule is C[NH+]1CCC(=NNC(N)=S)CC1. The van der Waals surface area contributed by atoms with Crippen molar-refractivity contribution in [2.75, 3.05) is 20.1 Å². The fourth-order valence-electron chi connectivity index (χ4n) is 1.21. The molecule has 0 aromatic heterocycles. The Bertz CT molecular complexity index is 192. The van der Waals surface area contributed by atoms with Gasteiger partial charge in [-0.05, 0) is 12.2 Å². The maximum Gasteiger partial charge on any atom is 0.184 e. The minimum Gasteiger partial charge on any atom is -0.375 e. The third-order valence-electron chi connectivity index (χ3n) is 2.00. The summed E-state index contributed by atoms with van der Waals surface area (Å²) >= 11 is 4.64. The van der Waals surface area contributed by atoms with Crippen LogP contribution in [0, 0.1) is 0 Å². The molecule has 0 atom stereocenters. The first-order valence-electron chi connectivity index (χ1n) is 4.10. The minimum absolute atomic E-state index is 0.244. The van der Waals surface area contributed by atoms with Crippen molar-refractivity contribution in [1.29, 1.82) is 0 Å². The van der Waals surface area contributed by atoms with Crippen molar-refractivity contribution in [2.45, 2.75) is 12.8 Å². The van der Waals surface area contributed by atoms with Gasteiger partial charge in [0, 0.05) is 18.6 Å². The number of likely N-dealkylation sites (tertiary alicyclic amines) is 1. The molecule has 1 aliphatic heterocycles. The van der Waals surface area contributed by atoms with Crippen LogP contribution in [0.4, 0.5) is 0 Å². The summed E-state index contributed by atoms with van der Waals surface area (Å²) in [7, 11) is 2.19. The number of nitrogens with one attached hydrogen (secondary N) is 2.